The van der Waals surface area contributed by atoms with Crippen molar-refractivity contribution in [1.82, 2.24) is 15.0 Å². The van der Waals surface area contributed by atoms with Gasteiger partial charge in [-0.15, -0.1) is 0 Å². The number of H-pyrrole nitrogens is 1. The molecule has 0 fully saturated rings. The number of hydrogen-bond acceptors (Lipinski definition) is 4. The molecule has 0 atom stereocenters. The standard InChI is InChI=1S/C17H15F2N3O3/c18-16(19)15-6-10(25-21-15)7-22-4-3-14-12(8-22)11-5-9(17(23)24)1-2-13(11)20-14/h1-2,5-6,16,20H,3-4,7-8H2,(H,23,24). The largest absolute Gasteiger partial charge is 0.478 e. The fourth-order valence-electron chi connectivity index (χ4n) is 3.26. The fraction of sp³-hybridized carbons (Fsp3) is 0.294. The number of rotatable bonds is 4. The lowest BCUT2D eigenvalue weighted by atomic mass is 10.0. The van der Waals surface area contributed by atoms with E-state index in [0.29, 0.717) is 18.8 Å². The van der Waals surface area contributed by atoms with Crippen molar-refractivity contribution in [3.8, 4) is 0 Å². The van der Waals surface area contributed by atoms with E-state index >= 15 is 0 Å². The molecule has 8 heteroatoms. The highest BCUT2D eigenvalue weighted by molar-refractivity contribution is 5.95. The van der Waals surface area contributed by atoms with Crippen molar-refractivity contribution in [3.05, 3.63) is 52.5 Å². The number of aromatic nitrogens is 2. The van der Waals surface area contributed by atoms with Crippen LogP contribution in [0.3, 0.4) is 0 Å². The first kappa shape index (κ1) is 15.8. The highest BCUT2D eigenvalue weighted by Gasteiger charge is 2.23. The summed E-state index contributed by atoms with van der Waals surface area (Å²) in [5, 5.41) is 13.4. The molecule has 3 heterocycles. The molecule has 0 aliphatic carbocycles. The van der Waals surface area contributed by atoms with E-state index in [4.69, 9.17) is 4.52 Å². The van der Waals surface area contributed by atoms with E-state index in [1.807, 2.05) is 0 Å². The Hall–Kier alpha value is -2.74. The SMILES string of the molecule is O=C(O)c1ccc2[nH]c3c(c2c1)CN(Cc1cc(C(F)F)no1)CC3. The number of carboxylic acids is 1. The Morgan fingerprint density at radius 3 is 2.96 bits per heavy atom. The average Bonchev–Trinajstić information content (AvgIpc) is 3.18. The van der Waals surface area contributed by atoms with Gasteiger partial charge < -0.3 is 14.6 Å². The Bertz CT molecular complexity index is 948. The monoisotopic (exact) mass is 347 g/mol. The highest BCUT2D eigenvalue weighted by atomic mass is 19.3. The number of alkyl halides is 2. The number of hydrogen-bond donors (Lipinski definition) is 2. The number of aromatic carboxylic acids is 1. The summed E-state index contributed by atoms with van der Waals surface area (Å²) in [5.41, 5.74) is 2.91. The number of fused-ring (bicyclic) bond motifs is 3. The van der Waals surface area contributed by atoms with Gasteiger partial charge in [-0.05, 0) is 23.8 Å². The van der Waals surface area contributed by atoms with Crippen LogP contribution in [0.2, 0.25) is 0 Å². The summed E-state index contributed by atoms with van der Waals surface area (Å²) in [5.74, 6) is -0.574. The van der Waals surface area contributed by atoms with Gasteiger partial charge in [-0.2, -0.15) is 0 Å². The molecule has 1 aliphatic heterocycles. The zero-order valence-corrected chi connectivity index (χ0v) is 13.1. The van der Waals surface area contributed by atoms with Gasteiger partial charge in [-0.3, -0.25) is 4.90 Å². The first-order valence-electron chi connectivity index (χ1n) is 7.84. The molecule has 3 aromatic rings. The minimum absolute atomic E-state index is 0.239. The third kappa shape index (κ3) is 2.89. The molecular formula is C17H15F2N3O3. The molecule has 6 nitrogen and oxygen atoms in total. The molecule has 4 rings (SSSR count). The summed E-state index contributed by atoms with van der Waals surface area (Å²) in [7, 11) is 0. The lowest BCUT2D eigenvalue weighted by Crippen LogP contribution is -2.29. The molecule has 0 saturated carbocycles. The van der Waals surface area contributed by atoms with Crippen molar-refractivity contribution in [2.24, 2.45) is 0 Å². The predicted molar refractivity (Wildman–Crippen MR) is 84.5 cm³/mol. The molecule has 25 heavy (non-hydrogen) atoms. The van der Waals surface area contributed by atoms with Crippen molar-refractivity contribution in [1.29, 1.82) is 0 Å². The number of carboxylic acid groups (broad SMARTS) is 1. The molecule has 0 amide bonds. The van der Waals surface area contributed by atoms with Crippen LogP contribution in [0.25, 0.3) is 10.9 Å². The van der Waals surface area contributed by atoms with E-state index < -0.39 is 12.4 Å². The second kappa shape index (κ2) is 5.96. The van der Waals surface area contributed by atoms with Crippen LogP contribution in [0.15, 0.2) is 28.8 Å². The molecule has 1 aromatic carbocycles. The second-order valence-electron chi connectivity index (χ2n) is 6.13. The highest BCUT2D eigenvalue weighted by Crippen LogP contribution is 2.29. The summed E-state index contributed by atoms with van der Waals surface area (Å²) in [6, 6.07) is 6.29. The predicted octanol–water partition coefficient (Wildman–Crippen LogP) is 3.35. The van der Waals surface area contributed by atoms with Gasteiger partial charge in [-0.25, -0.2) is 13.6 Å². The van der Waals surface area contributed by atoms with E-state index in [1.165, 1.54) is 6.07 Å². The lowest BCUT2D eigenvalue weighted by molar-refractivity contribution is 0.0697. The minimum atomic E-state index is -2.64. The number of nitrogens with zero attached hydrogens (tertiary/aromatic N) is 2. The topological polar surface area (TPSA) is 82.4 Å². The van der Waals surface area contributed by atoms with Gasteiger partial charge in [0.1, 0.15) is 5.69 Å². The zero-order chi connectivity index (χ0) is 17.6. The van der Waals surface area contributed by atoms with Crippen molar-refractivity contribution in [2.75, 3.05) is 6.54 Å². The van der Waals surface area contributed by atoms with Gasteiger partial charge in [0.15, 0.2) is 5.76 Å². The second-order valence-corrected chi connectivity index (χ2v) is 6.13. The number of nitrogens with one attached hydrogen (secondary N) is 1. The molecule has 2 N–H and O–H groups in total. The number of aromatic amines is 1. The van der Waals surface area contributed by atoms with Crippen LogP contribution < -0.4 is 0 Å². The molecule has 0 spiro atoms. The van der Waals surface area contributed by atoms with Crippen molar-refractivity contribution in [3.63, 3.8) is 0 Å². The van der Waals surface area contributed by atoms with E-state index in [2.05, 4.69) is 15.0 Å². The molecule has 0 saturated heterocycles. The summed E-state index contributed by atoms with van der Waals surface area (Å²) in [6.45, 7) is 1.71. The Morgan fingerprint density at radius 2 is 2.24 bits per heavy atom. The minimum Gasteiger partial charge on any atom is -0.478 e. The normalized spacial score (nSPS) is 15.0. The summed E-state index contributed by atoms with van der Waals surface area (Å²) >= 11 is 0. The van der Waals surface area contributed by atoms with Crippen LogP contribution in [0.4, 0.5) is 8.78 Å². The molecular weight excluding hydrogens is 332 g/mol. The van der Waals surface area contributed by atoms with Crippen molar-refractivity contribution < 1.29 is 23.2 Å². The van der Waals surface area contributed by atoms with Crippen LogP contribution in [0.5, 0.6) is 0 Å². The molecule has 1 aliphatic rings. The third-order valence-corrected chi connectivity index (χ3v) is 4.48. The summed E-state index contributed by atoms with van der Waals surface area (Å²) in [6.07, 6.45) is -1.88. The first-order valence-corrected chi connectivity index (χ1v) is 7.84. The molecule has 0 radical (unpaired) electrons. The third-order valence-electron chi connectivity index (χ3n) is 4.48. The molecule has 2 aromatic heterocycles. The molecule has 0 bridgehead atoms. The van der Waals surface area contributed by atoms with Gasteiger partial charge in [0, 0.05) is 42.2 Å². The van der Waals surface area contributed by atoms with Crippen molar-refractivity contribution in [2.45, 2.75) is 25.9 Å². The van der Waals surface area contributed by atoms with E-state index in [9.17, 15) is 18.7 Å². The molecule has 0 unspecified atom stereocenters. The number of halogens is 2. The Morgan fingerprint density at radius 1 is 1.40 bits per heavy atom. The van der Waals surface area contributed by atoms with E-state index in [0.717, 1.165) is 35.1 Å². The first-order chi connectivity index (χ1) is 12.0. The summed E-state index contributed by atoms with van der Waals surface area (Å²) < 4.78 is 30.2. The maximum absolute atomic E-state index is 12.6. The smallest absolute Gasteiger partial charge is 0.335 e. The average molecular weight is 347 g/mol. The van der Waals surface area contributed by atoms with Crippen LogP contribution in [0, 0.1) is 0 Å². The van der Waals surface area contributed by atoms with Crippen molar-refractivity contribution >= 4 is 16.9 Å². The maximum Gasteiger partial charge on any atom is 0.335 e. The van der Waals surface area contributed by atoms with Gasteiger partial charge >= 0.3 is 5.97 Å². The quantitative estimate of drug-likeness (QED) is 0.756. The van der Waals surface area contributed by atoms with Gasteiger partial charge in [0.05, 0.1) is 12.1 Å². The maximum atomic E-state index is 12.6. The Balaban J connectivity index is 1.59. The van der Waals surface area contributed by atoms with Gasteiger partial charge in [0.25, 0.3) is 6.43 Å². The van der Waals surface area contributed by atoms with Crippen LogP contribution in [0.1, 0.15) is 39.5 Å². The van der Waals surface area contributed by atoms with Gasteiger partial charge in [-0.1, -0.05) is 5.16 Å². The Kier molecular flexibility index (Phi) is 3.76. The van der Waals surface area contributed by atoms with Crippen LogP contribution in [-0.2, 0) is 19.5 Å². The lowest BCUT2D eigenvalue weighted by Gasteiger charge is -2.25. The number of benzene rings is 1. The van der Waals surface area contributed by atoms with E-state index in [1.54, 1.807) is 18.2 Å². The van der Waals surface area contributed by atoms with Crippen LogP contribution >= 0.6 is 0 Å². The van der Waals surface area contributed by atoms with Crippen LogP contribution in [-0.4, -0.2) is 32.7 Å². The Labute approximate surface area is 141 Å². The molecule has 130 valence electrons. The summed E-state index contributed by atoms with van der Waals surface area (Å²) in [4.78, 5) is 16.6. The number of carbonyl (C=O) groups is 1. The van der Waals surface area contributed by atoms with E-state index in [-0.39, 0.29) is 11.3 Å². The van der Waals surface area contributed by atoms with Gasteiger partial charge in [0.2, 0.25) is 0 Å². The fourth-order valence-corrected chi connectivity index (χ4v) is 3.26. The zero-order valence-electron chi connectivity index (χ0n) is 13.1.